The zero-order valence-electron chi connectivity index (χ0n) is 11.5. The molecule has 0 aliphatic rings. The molecule has 2 aromatic rings. The average Bonchev–Trinajstić information content (AvgIpc) is 2.43. The van der Waals surface area contributed by atoms with E-state index >= 15 is 0 Å². The molecule has 0 radical (unpaired) electrons. The van der Waals surface area contributed by atoms with Gasteiger partial charge in [0.25, 0.3) is 0 Å². The lowest BCUT2D eigenvalue weighted by Gasteiger charge is -2.17. The summed E-state index contributed by atoms with van der Waals surface area (Å²) in [7, 11) is 1.56. The summed E-state index contributed by atoms with van der Waals surface area (Å²) in [5.41, 5.74) is 3.95. The van der Waals surface area contributed by atoms with Gasteiger partial charge in [0.2, 0.25) is 0 Å². The molecule has 0 fully saturated rings. The summed E-state index contributed by atoms with van der Waals surface area (Å²) < 4.78 is 5.41. The third kappa shape index (κ3) is 2.41. The van der Waals surface area contributed by atoms with Crippen LogP contribution < -0.4 is 4.74 Å². The van der Waals surface area contributed by atoms with Gasteiger partial charge < -0.3 is 4.74 Å². The summed E-state index contributed by atoms with van der Waals surface area (Å²) in [5, 5.41) is 0.923. The van der Waals surface area contributed by atoms with E-state index in [2.05, 4.69) is 0 Å². The fourth-order valence-corrected chi connectivity index (χ4v) is 2.75. The van der Waals surface area contributed by atoms with Crippen LogP contribution in [0.4, 0.5) is 0 Å². The van der Waals surface area contributed by atoms with Crippen LogP contribution in [0, 0.1) is 13.8 Å². The standard InChI is InChI=1S/C16H14Cl2O2/c1-9-4-6-12(17)11(8-19)14(9)15-10(2)5-7-13(18)16(15)20-3/h4-8H,1-3H3. The molecule has 0 saturated carbocycles. The number of aldehydes is 1. The van der Waals surface area contributed by atoms with Gasteiger partial charge in [-0.15, -0.1) is 0 Å². The van der Waals surface area contributed by atoms with Crippen molar-refractivity contribution in [1.82, 2.24) is 0 Å². The van der Waals surface area contributed by atoms with E-state index in [0.717, 1.165) is 28.5 Å². The van der Waals surface area contributed by atoms with E-state index in [4.69, 9.17) is 27.9 Å². The Hall–Kier alpha value is -1.51. The molecule has 2 nitrogen and oxygen atoms in total. The van der Waals surface area contributed by atoms with Crippen molar-refractivity contribution in [2.24, 2.45) is 0 Å². The highest BCUT2D eigenvalue weighted by atomic mass is 35.5. The molecule has 0 bridgehead atoms. The highest BCUT2D eigenvalue weighted by Crippen LogP contribution is 2.42. The Morgan fingerprint density at radius 2 is 1.50 bits per heavy atom. The molecule has 0 heterocycles. The lowest BCUT2D eigenvalue weighted by molar-refractivity contribution is 0.112. The quantitative estimate of drug-likeness (QED) is 0.737. The van der Waals surface area contributed by atoms with Gasteiger partial charge in [0, 0.05) is 16.7 Å². The summed E-state index contributed by atoms with van der Waals surface area (Å²) in [6.07, 6.45) is 0.768. The average molecular weight is 309 g/mol. The smallest absolute Gasteiger partial charge is 0.152 e. The summed E-state index contributed by atoms with van der Waals surface area (Å²) in [5.74, 6) is 0.556. The Bertz CT molecular complexity index is 679. The van der Waals surface area contributed by atoms with Crippen LogP contribution in [0.1, 0.15) is 21.5 Å². The number of carbonyl (C=O) groups is 1. The van der Waals surface area contributed by atoms with Gasteiger partial charge in [-0.1, -0.05) is 35.3 Å². The van der Waals surface area contributed by atoms with Gasteiger partial charge in [-0.2, -0.15) is 0 Å². The molecule has 2 rings (SSSR count). The Balaban J connectivity index is 2.91. The number of hydrogen-bond acceptors (Lipinski definition) is 2. The number of benzene rings is 2. The van der Waals surface area contributed by atoms with Crippen LogP contribution >= 0.6 is 23.2 Å². The van der Waals surface area contributed by atoms with E-state index in [1.165, 1.54) is 0 Å². The zero-order valence-corrected chi connectivity index (χ0v) is 13.0. The number of carbonyl (C=O) groups excluding carboxylic acids is 1. The van der Waals surface area contributed by atoms with E-state index in [1.54, 1.807) is 19.2 Å². The third-order valence-corrected chi connectivity index (χ3v) is 3.92. The Kier molecular flexibility index (Phi) is 4.36. The van der Waals surface area contributed by atoms with Crippen LogP contribution in [0.25, 0.3) is 11.1 Å². The first-order chi connectivity index (χ1) is 9.51. The van der Waals surface area contributed by atoms with Crippen molar-refractivity contribution in [2.75, 3.05) is 7.11 Å². The Morgan fingerprint density at radius 1 is 0.950 bits per heavy atom. The third-order valence-electron chi connectivity index (χ3n) is 3.29. The SMILES string of the molecule is COc1c(Cl)ccc(C)c1-c1c(C)ccc(Cl)c1C=O. The predicted octanol–water partition coefficient (Wildman–Crippen LogP) is 5.10. The number of rotatable bonds is 3. The van der Waals surface area contributed by atoms with Crippen molar-refractivity contribution in [3.63, 3.8) is 0 Å². The van der Waals surface area contributed by atoms with Crippen molar-refractivity contribution in [1.29, 1.82) is 0 Å². The van der Waals surface area contributed by atoms with Crippen molar-refractivity contribution in [3.8, 4) is 16.9 Å². The van der Waals surface area contributed by atoms with Gasteiger partial charge in [0.05, 0.1) is 17.2 Å². The highest BCUT2D eigenvalue weighted by molar-refractivity contribution is 6.34. The normalized spacial score (nSPS) is 10.4. The molecule has 0 aromatic heterocycles. The van der Waals surface area contributed by atoms with Crippen LogP contribution in [0.15, 0.2) is 24.3 Å². The van der Waals surface area contributed by atoms with Gasteiger partial charge in [0.15, 0.2) is 6.29 Å². The second kappa shape index (κ2) is 5.86. The van der Waals surface area contributed by atoms with Crippen molar-refractivity contribution < 1.29 is 9.53 Å². The topological polar surface area (TPSA) is 26.3 Å². The van der Waals surface area contributed by atoms with E-state index in [-0.39, 0.29) is 0 Å². The minimum absolute atomic E-state index is 0.419. The fraction of sp³-hybridized carbons (Fsp3) is 0.188. The lowest BCUT2D eigenvalue weighted by atomic mass is 9.91. The van der Waals surface area contributed by atoms with Crippen LogP contribution in [-0.4, -0.2) is 13.4 Å². The minimum atomic E-state index is 0.419. The number of ether oxygens (including phenoxy) is 1. The van der Waals surface area contributed by atoms with E-state index in [9.17, 15) is 4.79 Å². The summed E-state index contributed by atoms with van der Waals surface area (Å²) >= 11 is 12.3. The fourth-order valence-electron chi connectivity index (χ4n) is 2.32. The predicted molar refractivity (Wildman–Crippen MR) is 83.3 cm³/mol. The monoisotopic (exact) mass is 308 g/mol. The molecule has 20 heavy (non-hydrogen) atoms. The van der Waals surface area contributed by atoms with Gasteiger partial charge in [-0.3, -0.25) is 4.79 Å². The van der Waals surface area contributed by atoms with Gasteiger partial charge in [0.1, 0.15) is 5.75 Å². The summed E-state index contributed by atoms with van der Waals surface area (Å²) in [6, 6.07) is 7.27. The van der Waals surface area contributed by atoms with Crippen LogP contribution in [0.5, 0.6) is 5.75 Å². The molecule has 0 aliphatic carbocycles. The number of halogens is 2. The van der Waals surface area contributed by atoms with Crippen molar-refractivity contribution in [2.45, 2.75) is 13.8 Å². The number of methoxy groups -OCH3 is 1. The molecule has 4 heteroatoms. The summed E-state index contributed by atoms with van der Waals surface area (Å²) in [6.45, 7) is 3.88. The maximum absolute atomic E-state index is 11.4. The first kappa shape index (κ1) is 14.9. The highest BCUT2D eigenvalue weighted by Gasteiger charge is 2.19. The van der Waals surface area contributed by atoms with Crippen molar-refractivity contribution in [3.05, 3.63) is 51.0 Å². The molecule has 0 aliphatic heterocycles. The van der Waals surface area contributed by atoms with Crippen LogP contribution in [0.2, 0.25) is 10.0 Å². The maximum atomic E-state index is 11.4. The first-order valence-corrected chi connectivity index (χ1v) is 6.84. The molecule has 0 N–H and O–H groups in total. The molecule has 0 atom stereocenters. The number of aryl methyl sites for hydroxylation is 2. The van der Waals surface area contributed by atoms with Crippen LogP contribution in [0.3, 0.4) is 0 Å². The second-order valence-electron chi connectivity index (χ2n) is 4.54. The second-order valence-corrected chi connectivity index (χ2v) is 5.36. The molecular weight excluding hydrogens is 295 g/mol. The number of hydrogen-bond donors (Lipinski definition) is 0. The molecule has 0 unspecified atom stereocenters. The maximum Gasteiger partial charge on any atom is 0.152 e. The first-order valence-electron chi connectivity index (χ1n) is 6.09. The molecular formula is C16H14Cl2O2. The van der Waals surface area contributed by atoms with Gasteiger partial charge in [-0.05, 0) is 37.1 Å². The van der Waals surface area contributed by atoms with Gasteiger partial charge in [-0.25, -0.2) is 0 Å². The molecule has 104 valence electrons. The van der Waals surface area contributed by atoms with Crippen molar-refractivity contribution >= 4 is 29.5 Å². The van der Waals surface area contributed by atoms with E-state index < -0.39 is 0 Å². The zero-order chi connectivity index (χ0) is 14.9. The molecule has 2 aromatic carbocycles. The van der Waals surface area contributed by atoms with Gasteiger partial charge >= 0.3 is 0 Å². The lowest BCUT2D eigenvalue weighted by Crippen LogP contribution is -1.98. The molecule has 0 saturated heterocycles. The Morgan fingerprint density at radius 3 is 2.05 bits per heavy atom. The van der Waals surface area contributed by atoms with Crippen LogP contribution in [-0.2, 0) is 0 Å². The molecule has 0 amide bonds. The Labute approximate surface area is 128 Å². The molecule has 0 spiro atoms. The van der Waals surface area contributed by atoms with E-state index in [0.29, 0.717) is 21.4 Å². The van der Waals surface area contributed by atoms with E-state index in [1.807, 2.05) is 26.0 Å². The summed E-state index contributed by atoms with van der Waals surface area (Å²) in [4.78, 5) is 11.4. The minimum Gasteiger partial charge on any atom is -0.495 e. The largest absolute Gasteiger partial charge is 0.495 e.